The van der Waals surface area contributed by atoms with Crippen LogP contribution >= 0.6 is 35.0 Å². The van der Waals surface area contributed by atoms with Gasteiger partial charge < -0.3 is 4.74 Å². The van der Waals surface area contributed by atoms with Gasteiger partial charge in [-0.2, -0.15) is 39.5 Å². The summed E-state index contributed by atoms with van der Waals surface area (Å²) < 4.78 is 116. The number of rotatable bonds is 8. The van der Waals surface area contributed by atoms with Crippen molar-refractivity contribution >= 4 is 40.9 Å². The Hall–Kier alpha value is -0.230. The fourth-order valence-electron chi connectivity index (χ4n) is 0.917. The van der Waals surface area contributed by atoms with Gasteiger partial charge in [-0.15, -0.1) is 23.2 Å². The molecule has 0 saturated carbocycles. The molecule has 14 heteroatoms. The third kappa shape index (κ3) is 5.12. The van der Waals surface area contributed by atoms with Gasteiger partial charge in [-0.25, -0.2) is 0 Å². The summed E-state index contributed by atoms with van der Waals surface area (Å²) in [6.07, 6.45) is -6.88. The van der Waals surface area contributed by atoms with Crippen LogP contribution in [0.4, 0.5) is 39.5 Å². The van der Waals surface area contributed by atoms with Crippen LogP contribution in [0.15, 0.2) is 0 Å². The van der Waals surface area contributed by atoms with Crippen LogP contribution in [-0.2, 0) is 9.53 Å². The lowest BCUT2D eigenvalue weighted by molar-refractivity contribution is -0.381. The van der Waals surface area contributed by atoms with E-state index in [1.54, 1.807) is 0 Å². The summed E-state index contributed by atoms with van der Waals surface area (Å²) in [7, 11) is 0. The van der Waals surface area contributed by atoms with E-state index >= 15 is 0 Å². The molecule has 0 aromatic carbocycles. The minimum absolute atomic E-state index is 0.417. The maximum absolute atomic E-state index is 13.0. The molecule has 0 aliphatic heterocycles. The molecule has 0 saturated heterocycles. The van der Waals surface area contributed by atoms with Gasteiger partial charge in [0, 0.05) is 11.6 Å². The number of esters is 1. The third-order valence-electron chi connectivity index (χ3n) is 2.12. The summed E-state index contributed by atoms with van der Waals surface area (Å²) in [6.45, 7) is -0.979. The third-order valence-corrected chi connectivity index (χ3v) is 3.91. The van der Waals surface area contributed by atoms with Gasteiger partial charge in [0.05, 0.1) is 0 Å². The molecule has 0 fully saturated rings. The molecule has 23 heavy (non-hydrogen) atoms. The Morgan fingerprint density at radius 3 is 1.87 bits per heavy atom. The number of hydrogen-bond acceptors (Lipinski definition) is 3. The topological polar surface area (TPSA) is 26.3 Å². The SMILES string of the molecule is O=C(OCCSC(F)(F)C(F)(F)C(F)(F)C(F)(F)F)C(Cl)CCl. The first-order valence-corrected chi connectivity index (χ1v) is 7.28. The number of carbonyl (C=O) groups is 1. The molecule has 0 rings (SSSR count). The lowest BCUT2D eigenvalue weighted by Gasteiger charge is -2.33. The average molecular weight is 421 g/mol. The molecule has 0 aliphatic carbocycles. The van der Waals surface area contributed by atoms with E-state index in [0.717, 1.165) is 0 Å². The fraction of sp³-hybridized carbons (Fsp3) is 0.889. The molecule has 0 spiro atoms. The van der Waals surface area contributed by atoms with E-state index < -0.39 is 64.6 Å². The molecular weight excluding hydrogens is 414 g/mol. The first kappa shape index (κ1) is 22.8. The van der Waals surface area contributed by atoms with Crippen LogP contribution in [0.1, 0.15) is 0 Å². The van der Waals surface area contributed by atoms with E-state index in [2.05, 4.69) is 4.74 Å². The quantitative estimate of drug-likeness (QED) is 0.249. The van der Waals surface area contributed by atoms with Crippen molar-refractivity contribution in [2.75, 3.05) is 18.2 Å². The Balaban J connectivity index is 4.78. The minimum Gasteiger partial charge on any atom is -0.464 e. The predicted molar refractivity (Wildman–Crippen MR) is 64.7 cm³/mol. The van der Waals surface area contributed by atoms with Gasteiger partial charge in [-0.05, 0) is 0 Å². The molecule has 0 radical (unpaired) electrons. The second kappa shape index (κ2) is 7.77. The number of ether oxygens (including phenoxy) is 1. The summed E-state index contributed by atoms with van der Waals surface area (Å²) in [6, 6.07) is 0. The highest BCUT2D eigenvalue weighted by molar-refractivity contribution is 8.00. The van der Waals surface area contributed by atoms with Crippen molar-refractivity contribution in [1.29, 1.82) is 0 Å². The summed E-state index contributed by atoms with van der Waals surface area (Å²) in [5.41, 5.74) is 0. The van der Waals surface area contributed by atoms with E-state index in [1.807, 2.05) is 0 Å². The van der Waals surface area contributed by atoms with Gasteiger partial charge in [0.1, 0.15) is 12.0 Å². The Labute approximate surface area is 137 Å². The van der Waals surface area contributed by atoms with Gasteiger partial charge in [-0.1, -0.05) is 11.8 Å². The van der Waals surface area contributed by atoms with Gasteiger partial charge in [0.25, 0.3) is 0 Å². The van der Waals surface area contributed by atoms with Crippen molar-refractivity contribution in [3.63, 3.8) is 0 Å². The standard InChI is InChI=1S/C9H7Cl2F9O2S/c10-3-4(11)5(21)22-1-2-23-9(19,20)7(14,15)6(12,13)8(16,17)18/h4H,1-3H2. The molecular formula is C9H7Cl2F9O2S. The van der Waals surface area contributed by atoms with Crippen LogP contribution in [-0.4, -0.2) is 52.9 Å². The molecule has 0 aromatic rings. The van der Waals surface area contributed by atoms with Gasteiger partial charge >= 0.3 is 29.2 Å². The largest absolute Gasteiger partial charge is 0.464 e. The number of carbonyl (C=O) groups excluding carboxylic acids is 1. The van der Waals surface area contributed by atoms with E-state index in [4.69, 9.17) is 23.2 Å². The number of alkyl halides is 11. The molecule has 0 heterocycles. The molecule has 1 atom stereocenters. The maximum Gasteiger partial charge on any atom is 0.460 e. The van der Waals surface area contributed by atoms with Crippen molar-refractivity contribution < 1.29 is 49.0 Å². The Morgan fingerprint density at radius 1 is 1.00 bits per heavy atom. The average Bonchev–Trinajstić information content (AvgIpc) is 2.40. The molecule has 0 aromatic heterocycles. The van der Waals surface area contributed by atoms with E-state index in [0.29, 0.717) is 0 Å². The number of hydrogen-bond donors (Lipinski definition) is 0. The van der Waals surface area contributed by atoms with Crippen LogP contribution in [0, 0.1) is 0 Å². The first-order chi connectivity index (χ1) is 10.1. The summed E-state index contributed by atoms with van der Waals surface area (Å²) >= 11 is 9.17. The van der Waals surface area contributed by atoms with Crippen LogP contribution in [0.2, 0.25) is 0 Å². The van der Waals surface area contributed by atoms with Crippen molar-refractivity contribution in [1.82, 2.24) is 0 Å². The van der Waals surface area contributed by atoms with Gasteiger partial charge in [-0.3, -0.25) is 4.79 Å². The van der Waals surface area contributed by atoms with Crippen LogP contribution < -0.4 is 0 Å². The maximum atomic E-state index is 13.0. The monoisotopic (exact) mass is 420 g/mol. The number of halogens is 11. The predicted octanol–water partition coefficient (Wildman–Crippen LogP) is 4.53. The van der Waals surface area contributed by atoms with Crippen molar-refractivity contribution in [2.24, 2.45) is 0 Å². The van der Waals surface area contributed by atoms with Crippen molar-refractivity contribution in [3.8, 4) is 0 Å². The zero-order chi connectivity index (χ0) is 18.7. The highest BCUT2D eigenvalue weighted by Gasteiger charge is 2.81. The molecule has 0 bridgehead atoms. The number of thioether (sulfide) groups is 1. The van der Waals surface area contributed by atoms with Gasteiger partial charge in [0.15, 0.2) is 0 Å². The Morgan fingerprint density at radius 2 is 1.48 bits per heavy atom. The molecule has 1 unspecified atom stereocenters. The Kier molecular flexibility index (Phi) is 7.69. The summed E-state index contributed by atoms with van der Waals surface area (Å²) in [5, 5.41) is -7.14. The van der Waals surface area contributed by atoms with Crippen LogP contribution in [0.25, 0.3) is 0 Å². The minimum atomic E-state index is -6.95. The second-order valence-corrected chi connectivity index (χ2v) is 5.85. The molecule has 0 amide bonds. The molecule has 138 valence electrons. The second-order valence-electron chi connectivity index (χ2n) is 3.80. The first-order valence-electron chi connectivity index (χ1n) is 5.32. The zero-order valence-electron chi connectivity index (χ0n) is 10.6. The smallest absolute Gasteiger partial charge is 0.460 e. The van der Waals surface area contributed by atoms with Gasteiger partial charge in [0.2, 0.25) is 0 Å². The van der Waals surface area contributed by atoms with Crippen LogP contribution in [0.3, 0.4) is 0 Å². The van der Waals surface area contributed by atoms with E-state index in [1.165, 1.54) is 0 Å². The van der Waals surface area contributed by atoms with Crippen molar-refractivity contribution in [3.05, 3.63) is 0 Å². The Bertz CT molecular complexity index is 416. The van der Waals surface area contributed by atoms with Crippen molar-refractivity contribution in [2.45, 2.75) is 28.7 Å². The molecule has 0 N–H and O–H groups in total. The molecule has 0 aliphatic rings. The zero-order valence-corrected chi connectivity index (χ0v) is 12.9. The highest BCUT2D eigenvalue weighted by atomic mass is 35.5. The fourth-order valence-corrected chi connectivity index (χ4v) is 1.84. The lowest BCUT2D eigenvalue weighted by Crippen LogP contribution is -2.59. The summed E-state index contributed by atoms with van der Waals surface area (Å²) in [4.78, 5) is 10.9. The van der Waals surface area contributed by atoms with E-state index in [9.17, 15) is 44.3 Å². The highest BCUT2D eigenvalue weighted by Crippen LogP contribution is 2.56. The van der Waals surface area contributed by atoms with Crippen LogP contribution in [0.5, 0.6) is 0 Å². The normalized spacial score (nSPS) is 15.4. The summed E-state index contributed by atoms with van der Waals surface area (Å²) in [5.74, 6) is -16.5. The van der Waals surface area contributed by atoms with E-state index in [-0.39, 0.29) is 0 Å². The lowest BCUT2D eigenvalue weighted by atomic mass is 10.1. The molecule has 2 nitrogen and oxygen atoms in total.